The van der Waals surface area contributed by atoms with Gasteiger partial charge in [0, 0.05) is 5.56 Å². The molecule has 0 unspecified atom stereocenters. The fourth-order valence-electron chi connectivity index (χ4n) is 1.45. The van der Waals surface area contributed by atoms with Crippen molar-refractivity contribution in [3.05, 3.63) is 59.0 Å². The fraction of sp³-hybridized carbons (Fsp3) is 0. The molecule has 2 aromatic carbocycles. The van der Waals surface area contributed by atoms with Crippen LogP contribution in [0.25, 0.3) is 0 Å². The molecular weight excluding hydrogens is 246 g/mol. The Kier molecular flexibility index (Phi) is 3.72. The molecule has 0 saturated heterocycles. The summed E-state index contributed by atoms with van der Waals surface area (Å²) in [6, 6.07) is 12.3. The van der Waals surface area contributed by atoms with E-state index in [0.717, 1.165) is 0 Å². The number of nitroso groups, excluding NO2 is 1. The zero-order valence-electron chi connectivity index (χ0n) is 9.83. The summed E-state index contributed by atoms with van der Waals surface area (Å²) < 4.78 is 0. The van der Waals surface area contributed by atoms with Crippen LogP contribution in [0, 0.1) is 4.91 Å². The number of carbonyl (C=O) groups excluding carboxylic acids is 1. The molecule has 1 amide bonds. The highest BCUT2D eigenvalue weighted by Gasteiger charge is 2.05. The number of carbonyl (C=O) groups is 1. The van der Waals surface area contributed by atoms with Crippen LogP contribution in [0.4, 0.5) is 11.4 Å². The highest BCUT2D eigenvalue weighted by molar-refractivity contribution is 5.95. The molecule has 2 rings (SSSR count). The average Bonchev–Trinajstić information content (AvgIpc) is 2.45. The molecule has 6 heteroatoms. The van der Waals surface area contributed by atoms with Gasteiger partial charge in [0.25, 0.3) is 5.91 Å². The van der Waals surface area contributed by atoms with Crippen molar-refractivity contribution in [1.82, 2.24) is 5.43 Å². The van der Waals surface area contributed by atoms with E-state index in [-0.39, 0.29) is 11.7 Å². The highest BCUT2D eigenvalue weighted by Crippen LogP contribution is 2.15. The molecule has 0 aliphatic rings. The first-order valence-electron chi connectivity index (χ1n) is 5.48. The Balaban J connectivity index is 1.98. The van der Waals surface area contributed by atoms with E-state index in [1.165, 1.54) is 24.3 Å². The number of rotatable bonds is 4. The summed E-state index contributed by atoms with van der Waals surface area (Å²) in [6.07, 6.45) is 0. The molecule has 2 aromatic rings. The molecule has 0 saturated carbocycles. The Hall–Kier alpha value is -2.89. The molecule has 0 spiro atoms. The number of amides is 1. The molecule has 0 bridgehead atoms. The Morgan fingerprint density at radius 3 is 2.47 bits per heavy atom. The summed E-state index contributed by atoms with van der Waals surface area (Å²) in [6.45, 7) is 0. The number of phenolic OH excluding ortho intramolecular Hbond substituents is 1. The molecule has 19 heavy (non-hydrogen) atoms. The SMILES string of the molecule is O=Nc1ccc(NNC(=O)c2cccc(O)c2)cc1. The van der Waals surface area contributed by atoms with Crippen LogP contribution in [0.2, 0.25) is 0 Å². The van der Waals surface area contributed by atoms with Crippen LogP contribution < -0.4 is 10.9 Å². The Labute approximate surface area is 109 Å². The summed E-state index contributed by atoms with van der Waals surface area (Å²) in [5.41, 5.74) is 6.41. The van der Waals surface area contributed by atoms with Crippen molar-refractivity contribution in [2.45, 2.75) is 0 Å². The predicted molar refractivity (Wildman–Crippen MR) is 71.1 cm³/mol. The number of nitrogens with one attached hydrogen (secondary N) is 2. The molecule has 96 valence electrons. The smallest absolute Gasteiger partial charge is 0.269 e. The lowest BCUT2D eigenvalue weighted by Crippen LogP contribution is -2.29. The zero-order valence-corrected chi connectivity index (χ0v) is 9.83. The van der Waals surface area contributed by atoms with Gasteiger partial charge >= 0.3 is 0 Å². The summed E-state index contributed by atoms with van der Waals surface area (Å²) in [4.78, 5) is 22.0. The monoisotopic (exact) mass is 257 g/mol. The van der Waals surface area contributed by atoms with E-state index in [2.05, 4.69) is 16.0 Å². The number of hydrogen-bond acceptors (Lipinski definition) is 5. The fourth-order valence-corrected chi connectivity index (χ4v) is 1.45. The quantitative estimate of drug-likeness (QED) is 0.580. The number of nitrogens with zero attached hydrogens (tertiary/aromatic N) is 1. The number of hydrogen-bond donors (Lipinski definition) is 3. The lowest BCUT2D eigenvalue weighted by molar-refractivity contribution is 0.0962. The number of anilines is 1. The molecule has 0 radical (unpaired) electrons. The van der Waals surface area contributed by atoms with Crippen LogP contribution in [0.1, 0.15) is 10.4 Å². The Bertz CT molecular complexity index is 596. The van der Waals surface area contributed by atoms with Crippen LogP contribution in [0.15, 0.2) is 53.7 Å². The minimum absolute atomic E-state index is 0.0223. The van der Waals surface area contributed by atoms with Crippen LogP contribution in [-0.2, 0) is 0 Å². The van der Waals surface area contributed by atoms with Gasteiger partial charge in [0.2, 0.25) is 0 Å². The molecule has 3 N–H and O–H groups in total. The van der Waals surface area contributed by atoms with Crippen molar-refractivity contribution < 1.29 is 9.90 Å². The minimum Gasteiger partial charge on any atom is -0.508 e. The maximum absolute atomic E-state index is 11.7. The second-order valence-electron chi connectivity index (χ2n) is 3.77. The van der Waals surface area contributed by atoms with Gasteiger partial charge in [-0.1, -0.05) is 6.07 Å². The third kappa shape index (κ3) is 3.29. The third-order valence-electron chi connectivity index (χ3n) is 2.40. The lowest BCUT2D eigenvalue weighted by atomic mass is 10.2. The van der Waals surface area contributed by atoms with Gasteiger partial charge in [0.05, 0.1) is 5.69 Å². The van der Waals surface area contributed by atoms with Crippen molar-refractivity contribution in [3.8, 4) is 5.75 Å². The van der Waals surface area contributed by atoms with Crippen molar-refractivity contribution in [3.63, 3.8) is 0 Å². The zero-order chi connectivity index (χ0) is 13.7. The predicted octanol–water partition coefficient (Wildman–Crippen LogP) is 2.55. The number of aromatic hydroxyl groups is 1. The molecule has 0 heterocycles. The third-order valence-corrected chi connectivity index (χ3v) is 2.40. The number of benzene rings is 2. The molecule has 0 atom stereocenters. The summed E-state index contributed by atoms with van der Waals surface area (Å²) in [7, 11) is 0. The van der Waals surface area contributed by atoms with E-state index in [1.54, 1.807) is 24.3 Å². The van der Waals surface area contributed by atoms with E-state index < -0.39 is 0 Å². The van der Waals surface area contributed by atoms with Crippen LogP contribution in [0.3, 0.4) is 0 Å². The molecule has 0 aliphatic heterocycles. The number of phenols is 1. The molecule has 0 aromatic heterocycles. The van der Waals surface area contributed by atoms with Crippen molar-refractivity contribution >= 4 is 17.3 Å². The van der Waals surface area contributed by atoms with Gasteiger partial charge in [-0.15, -0.1) is 4.91 Å². The van der Waals surface area contributed by atoms with E-state index in [4.69, 9.17) is 0 Å². The van der Waals surface area contributed by atoms with Crippen LogP contribution in [0.5, 0.6) is 5.75 Å². The van der Waals surface area contributed by atoms with E-state index in [9.17, 15) is 14.8 Å². The molecule has 6 nitrogen and oxygen atoms in total. The number of hydrazine groups is 1. The molecular formula is C13H11N3O3. The summed E-state index contributed by atoms with van der Waals surface area (Å²) >= 11 is 0. The van der Waals surface area contributed by atoms with Crippen molar-refractivity contribution in [1.29, 1.82) is 0 Å². The second-order valence-corrected chi connectivity index (χ2v) is 3.77. The first kappa shape index (κ1) is 12.6. The standard InChI is InChI=1S/C13H11N3O3/c17-12-3-1-2-9(8-12)13(18)15-14-10-4-6-11(16-19)7-5-10/h1-8,14,17H,(H,15,18). The van der Waals surface area contributed by atoms with Gasteiger partial charge in [0.1, 0.15) is 11.4 Å². The highest BCUT2D eigenvalue weighted by atomic mass is 16.3. The average molecular weight is 257 g/mol. The van der Waals surface area contributed by atoms with Gasteiger partial charge < -0.3 is 5.11 Å². The van der Waals surface area contributed by atoms with Crippen LogP contribution >= 0.6 is 0 Å². The Morgan fingerprint density at radius 2 is 1.84 bits per heavy atom. The second kappa shape index (κ2) is 5.63. The van der Waals surface area contributed by atoms with Gasteiger partial charge in [-0.05, 0) is 47.6 Å². The lowest BCUT2D eigenvalue weighted by Gasteiger charge is -2.08. The van der Waals surface area contributed by atoms with Gasteiger partial charge in [-0.25, -0.2) is 0 Å². The van der Waals surface area contributed by atoms with Crippen molar-refractivity contribution in [2.75, 3.05) is 5.43 Å². The van der Waals surface area contributed by atoms with E-state index in [1.807, 2.05) is 0 Å². The first-order valence-corrected chi connectivity index (χ1v) is 5.48. The van der Waals surface area contributed by atoms with E-state index in [0.29, 0.717) is 16.9 Å². The van der Waals surface area contributed by atoms with Crippen LogP contribution in [-0.4, -0.2) is 11.0 Å². The summed E-state index contributed by atoms with van der Waals surface area (Å²) in [5.74, 6) is -0.359. The largest absolute Gasteiger partial charge is 0.508 e. The Morgan fingerprint density at radius 1 is 1.11 bits per heavy atom. The molecule has 0 aliphatic carbocycles. The van der Waals surface area contributed by atoms with Crippen molar-refractivity contribution in [2.24, 2.45) is 5.18 Å². The van der Waals surface area contributed by atoms with Gasteiger partial charge in [-0.3, -0.25) is 15.6 Å². The summed E-state index contributed by atoms with van der Waals surface area (Å²) in [5, 5.41) is 12.0. The first-order chi connectivity index (χ1) is 9.19. The normalized spacial score (nSPS) is 9.68. The van der Waals surface area contributed by atoms with E-state index >= 15 is 0 Å². The van der Waals surface area contributed by atoms with Gasteiger partial charge in [-0.2, -0.15) is 0 Å². The maximum Gasteiger partial charge on any atom is 0.269 e. The topological polar surface area (TPSA) is 90.8 Å². The molecule has 0 fully saturated rings. The minimum atomic E-state index is -0.381. The maximum atomic E-state index is 11.7. The van der Waals surface area contributed by atoms with Gasteiger partial charge in [0.15, 0.2) is 0 Å².